The first kappa shape index (κ1) is 8.54. The lowest BCUT2D eigenvalue weighted by Gasteiger charge is -2.27. The first-order chi connectivity index (χ1) is 5.33. The highest BCUT2D eigenvalue weighted by molar-refractivity contribution is 5.03. The summed E-state index contributed by atoms with van der Waals surface area (Å²) in [5.74, 6) is 0. The van der Waals surface area contributed by atoms with E-state index in [9.17, 15) is 0 Å². The molecule has 1 aliphatic heterocycles. The SMILES string of the molecule is CCC[N+]1(CCC)C=CC=C1. The zero-order valence-electron chi connectivity index (χ0n) is 7.59. The van der Waals surface area contributed by atoms with E-state index in [2.05, 4.69) is 38.4 Å². The van der Waals surface area contributed by atoms with Gasteiger partial charge in [0.15, 0.2) is 0 Å². The van der Waals surface area contributed by atoms with Gasteiger partial charge in [-0.3, -0.25) is 4.48 Å². The summed E-state index contributed by atoms with van der Waals surface area (Å²) in [7, 11) is 0. The number of hydrogen-bond donors (Lipinski definition) is 0. The molecule has 0 fully saturated rings. The highest BCUT2D eigenvalue weighted by atomic mass is 15.3. The predicted molar refractivity (Wildman–Crippen MR) is 48.9 cm³/mol. The van der Waals surface area contributed by atoms with Gasteiger partial charge in [0.1, 0.15) is 12.4 Å². The van der Waals surface area contributed by atoms with Crippen molar-refractivity contribution >= 4 is 0 Å². The number of nitrogens with zero attached hydrogens (tertiary/aromatic N) is 1. The van der Waals surface area contributed by atoms with Gasteiger partial charge in [-0.2, -0.15) is 0 Å². The van der Waals surface area contributed by atoms with Crippen LogP contribution in [-0.4, -0.2) is 17.6 Å². The van der Waals surface area contributed by atoms with E-state index in [1.165, 1.54) is 25.9 Å². The fraction of sp³-hybridized carbons (Fsp3) is 0.600. The quantitative estimate of drug-likeness (QED) is 0.543. The minimum atomic E-state index is 1.08. The Morgan fingerprint density at radius 2 is 1.36 bits per heavy atom. The molecule has 0 aromatic rings. The third-order valence-corrected chi connectivity index (χ3v) is 2.16. The molecule has 0 aromatic carbocycles. The molecule has 0 N–H and O–H groups in total. The summed E-state index contributed by atoms with van der Waals surface area (Å²) in [4.78, 5) is 0. The summed E-state index contributed by atoms with van der Waals surface area (Å²) in [5, 5.41) is 0. The maximum atomic E-state index is 2.30. The van der Waals surface area contributed by atoms with Gasteiger partial charge in [0.25, 0.3) is 0 Å². The Morgan fingerprint density at radius 1 is 0.909 bits per heavy atom. The van der Waals surface area contributed by atoms with Gasteiger partial charge < -0.3 is 0 Å². The van der Waals surface area contributed by atoms with Crippen LogP contribution >= 0.6 is 0 Å². The largest absolute Gasteiger partial charge is 0.271 e. The lowest BCUT2D eigenvalue weighted by molar-refractivity contribution is -0.825. The summed E-state index contributed by atoms with van der Waals surface area (Å²) in [6.07, 6.45) is 11.4. The maximum Gasteiger partial charge on any atom is 0.101 e. The lowest BCUT2D eigenvalue weighted by atomic mass is 10.3. The molecular formula is C10H18N+. The van der Waals surface area contributed by atoms with Gasteiger partial charge in [-0.1, -0.05) is 13.8 Å². The molecule has 0 amide bonds. The van der Waals surface area contributed by atoms with Crippen LogP contribution in [0.3, 0.4) is 0 Å². The Kier molecular flexibility index (Phi) is 2.89. The first-order valence-corrected chi connectivity index (χ1v) is 4.56. The van der Waals surface area contributed by atoms with Crippen molar-refractivity contribution in [3.05, 3.63) is 24.6 Å². The Bertz CT molecular complexity index is 148. The van der Waals surface area contributed by atoms with Crippen molar-refractivity contribution in [3.8, 4) is 0 Å². The third kappa shape index (κ3) is 1.93. The summed E-state index contributed by atoms with van der Waals surface area (Å²) >= 11 is 0. The Balaban J connectivity index is 2.56. The maximum absolute atomic E-state index is 2.30. The van der Waals surface area contributed by atoms with Crippen molar-refractivity contribution < 1.29 is 4.48 Å². The van der Waals surface area contributed by atoms with Crippen molar-refractivity contribution in [3.63, 3.8) is 0 Å². The standard InChI is InChI=1S/C10H18N/c1-3-7-11(8-4-2)9-5-6-10-11/h5-6,9-10H,3-4,7-8H2,1-2H3/q+1. The number of quaternary nitrogens is 1. The van der Waals surface area contributed by atoms with Crippen LogP contribution in [-0.2, 0) is 0 Å². The summed E-state index contributed by atoms with van der Waals surface area (Å²) < 4.78 is 1.08. The van der Waals surface area contributed by atoms with E-state index in [0.29, 0.717) is 0 Å². The molecule has 1 heteroatoms. The second kappa shape index (κ2) is 3.72. The Labute approximate surface area is 69.6 Å². The van der Waals surface area contributed by atoms with Gasteiger partial charge in [0, 0.05) is 0 Å². The molecule has 0 saturated carbocycles. The van der Waals surface area contributed by atoms with Crippen molar-refractivity contribution in [2.45, 2.75) is 26.7 Å². The van der Waals surface area contributed by atoms with Crippen LogP contribution in [0.25, 0.3) is 0 Å². The van der Waals surface area contributed by atoms with Crippen LogP contribution in [0, 0.1) is 0 Å². The van der Waals surface area contributed by atoms with Crippen LogP contribution < -0.4 is 0 Å². The molecular weight excluding hydrogens is 134 g/mol. The van der Waals surface area contributed by atoms with E-state index < -0.39 is 0 Å². The Hall–Kier alpha value is -0.560. The zero-order chi connectivity index (χ0) is 8.16. The van der Waals surface area contributed by atoms with E-state index in [4.69, 9.17) is 0 Å². The molecule has 62 valence electrons. The fourth-order valence-corrected chi connectivity index (χ4v) is 1.73. The monoisotopic (exact) mass is 152 g/mol. The minimum Gasteiger partial charge on any atom is -0.271 e. The fourth-order valence-electron chi connectivity index (χ4n) is 1.73. The average Bonchev–Trinajstić information content (AvgIpc) is 2.39. The molecule has 1 nitrogen and oxygen atoms in total. The molecule has 1 rings (SSSR count). The van der Waals surface area contributed by atoms with Crippen molar-refractivity contribution in [2.24, 2.45) is 0 Å². The highest BCUT2D eigenvalue weighted by Crippen LogP contribution is 2.17. The topological polar surface area (TPSA) is 0 Å². The number of rotatable bonds is 4. The van der Waals surface area contributed by atoms with Gasteiger partial charge in [0.2, 0.25) is 0 Å². The molecule has 0 bridgehead atoms. The zero-order valence-corrected chi connectivity index (χ0v) is 7.59. The first-order valence-electron chi connectivity index (χ1n) is 4.56. The molecule has 0 saturated heterocycles. The molecule has 0 unspecified atom stereocenters. The molecule has 1 heterocycles. The van der Waals surface area contributed by atoms with Crippen LogP contribution in [0.1, 0.15) is 26.7 Å². The minimum absolute atomic E-state index is 1.08. The normalized spacial score (nSPS) is 19.5. The second-order valence-corrected chi connectivity index (χ2v) is 3.23. The van der Waals surface area contributed by atoms with Gasteiger partial charge in [0.05, 0.1) is 13.1 Å². The predicted octanol–water partition coefficient (Wildman–Crippen LogP) is 2.66. The van der Waals surface area contributed by atoms with Crippen molar-refractivity contribution in [1.82, 2.24) is 0 Å². The van der Waals surface area contributed by atoms with E-state index in [0.717, 1.165) is 4.48 Å². The molecule has 0 spiro atoms. The van der Waals surface area contributed by atoms with Gasteiger partial charge in [-0.25, -0.2) is 0 Å². The molecule has 11 heavy (non-hydrogen) atoms. The third-order valence-electron chi connectivity index (χ3n) is 2.16. The van der Waals surface area contributed by atoms with Gasteiger partial charge >= 0.3 is 0 Å². The summed E-state index contributed by atoms with van der Waals surface area (Å²) in [5.41, 5.74) is 0. The smallest absolute Gasteiger partial charge is 0.101 e. The van der Waals surface area contributed by atoms with E-state index in [-0.39, 0.29) is 0 Å². The van der Waals surface area contributed by atoms with Crippen molar-refractivity contribution in [1.29, 1.82) is 0 Å². The second-order valence-electron chi connectivity index (χ2n) is 3.23. The van der Waals surface area contributed by atoms with Crippen LogP contribution in [0.5, 0.6) is 0 Å². The highest BCUT2D eigenvalue weighted by Gasteiger charge is 2.21. The molecule has 1 aliphatic rings. The van der Waals surface area contributed by atoms with E-state index >= 15 is 0 Å². The average molecular weight is 152 g/mol. The van der Waals surface area contributed by atoms with Crippen molar-refractivity contribution in [2.75, 3.05) is 13.1 Å². The molecule has 0 atom stereocenters. The Morgan fingerprint density at radius 3 is 1.73 bits per heavy atom. The number of hydrogen-bond acceptors (Lipinski definition) is 0. The molecule has 0 radical (unpaired) electrons. The van der Waals surface area contributed by atoms with Crippen LogP contribution in [0.4, 0.5) is 0 Å². The van der Waals surface area contributed by atoms with E-state index in [1.807, 2.05) is 0 Å². The summed E-state index contributed by atoms with van der Waals surface area (Å²) in [6, 6.07) is 0. The summed E-state index contributed by atoms with van der Waals surface area (Å²) in [6.45, 7) is 6.99. The number of allylic oxidation sites excluding steroid dienone is 2. The van der Waals surface area contributed by atoms with Crippen LogP contribution in [0.15, 0.2) is 24.6 Å². The van der Waals surface area contributed by atoms with Crippen LogP contribution in [0.2, 0.25) is 0 Å². The molecule has 0 aliphatic carbocycles. The van der Waals surface area contributed by atoms with Gasteiger partial charge in [-0.15, -0.1) is 0 Å². The lowest BCUT2D eigenvalue weighted by Crippen LogP contribution is -2.36. The van der Waals surface area contributed by atoms with E-state index in [1.54, 1.807) is 0 Å². The van der Waals surface area contributed by atoms with Gasteiger partial charge in [-0.05, 0) is 25.0 Å². The molecule has 0 aromatic heterocycles.